The lowest BCUT2D eigenvalue weighted by atomic mass is 9.81. The molecule has 0 saturated heterocycles. The maximum absolute atomic E-state index is 6.59. The summed E-state index contributed by atoms with van der Waals surface area (Å²) in [5.74, 6) is 0. The average Bonchev–Trinajstić information content (AvgIpc) is 3.09. The van der Waals surface area contributed by atoms with Crippen molar-refractivity contribution in [3.63, 3.8) is 0 Å². The summed E-state index contributed by atoms with van der Waals surface area (Å²) in [6.45, 7) is 9.97. The third-order valence-corrected chi connectivity index (χ3v) is 4.56. The van der Waals surface area contributed by atoms with Gasteiger partial charge in [-0.3, -0.25) is 0 Å². The number of hydrogen-bond acceptors (Lipinski definition) is 2. The highest BCUT2D eigenvalue weighted by molar-refractivity contribution is 5.38. The number of nitrogens with two attached hydrogens (primary N) is 1. The molecule has 0 aliphatic heterocycles. The number of rotatable bonds is 4. The van der Waals surface area contributed by atoms with Gasteiger partial charge in [0.15, 0.2) is 0 Å². The summed E-state index contributed by atoms with van der Waals surface area (Å²) in [6.07, 6.45) is 2.49. The molecular weight excluding hydrogens is 232 g/mol. The Kier molecular flexibility index (Phi) is 3.76. The molecule has 0 bridgehead atoms. The Labute approximate surface area is 117 Å². The van der Waals surface area contributed by atoms with Gasteiger partial charge in [0.1, 0.15) is 0 Å². The van der Waals surface area contributed by atoms with Crippen molar-refractivity contribution in [2.45, 2.75) is 52.0 Å². The molecule has 106 valence electrons. The van der Waals surface area contributed by atoms with Crippen molar-refractivity contribution in [1.29, 1.82) is 0 Å². The third kappa shape index (κ3) is 2.85. The van der Waals surface area contributed by atoms with Crippen molar-refractivity contribution < 1.29 is 0 Å². The van der Waals surface area contributed by atoms with Gasteiger partial charge < -0.3 is 11.1 Å². The molecule has 2 rings (SSSR count). The first-order valence-corrected chi connectivity index (χ1v) is 7.31. The van der Waals surface area contributed by atoms with E-state index in [9.17, 15) is 0 Å². The minimum Gasteiger partial charge on any atom is -0.323 e. The van der Waals surface area contributed by atoms with Crippen LogP contribution in [0.1, 0.15) is 56.3 Å². The lowest BCUT2D eigenvalue weighted by Crippen LogP contribution is -2.32. The number of aryl methyl sites for hydroxylation is 1. The Morgan fingerprint density at radius 2 is 1.95 bits per heavy atom. The van der Waals surface area contributed by atoms with Crippen LogP contribution in [0.4, 0.5) is 0 Å². The molecular formula is C17H28N2. The Morgan fingerprint density at radius 1 is 1.32 bits per heavy atom. The summed E-state index contributed by atoms with van der Waals surface area (Å²) in [6, 6.07) is 6.95. The minimum atomic E-state index is 0.155. The normalized spacial score (nSPS) is 19.3. The van der Waals surface area contributed by atoms with Gasteiger partial charge in [0.2, 0.25) is 0 Å². The van der Waals surface area contributed by atoms with Crippen LogP contribution in [0, 0.1) is 12.3 Å². The van der Waals surface area contributed by atoms with E-state index < -0.39 is 0 Å². The Morgan fingerprint density at radius 3 is 2.42 bits per heavy atom. The molecule has 1 aromatic carbocycles. The summed E-state index contributed by atoms with van der Waals surface area (Å²) in [5.41, 5.74) is 11.1. The highest BCUT2D eigenvalue weighted by Gasteiger charge is 2.48. The van der Waals surface area contributed by atoms with Crippen molar-refractivity contribution in [3.8, 4) is 0 Å². The predicted octanol–water partition coefficient (Wildman–Crippen LogP) is 3.29. The zero-order valence-corrected chi connectivity index (χ0v) is 13.0. The first kappa shape index (κ1) is 14.5. The fraction of sp³-hybridized carbons (Fsp3) is 0.647. The van der Waals surface area contributed by atoms with E-state index in [1.807, 2.05) is 7.05 Å². The van der Waals surface area contributed by atoms with Crippen molar-refractivity contribution >= 4 is 0 Å². The van der Waals surface area contributed by atoms with Gasteiger partial charge in [-0.2, -0.15) is 0 Å². The van der Waals surface area contributed by atoms with Crippen LogP contribution in [-0.4, -0.2) is 13.6 Å². The molecule has 1 aliphatic rings. The summed E-state index contributed by atoms with van der Waals surface area (Å²) in [4.78, 5) is 0. The Bertz CT molecular complexity index is 453. The lowest BCUT2D eigenvalue weighted by molar-refractivity contribution is 0.390. The molecule has 0 aromatic heterocycles. The minimum absolute atomic E-state index is 0.155. The smallest absolute Gasteiger partial charge is 0.0367 e. The van der Waals surface area contributed by atoms with Gasteiger partial charge in [-0.25, -0.2) is 0 Å². The van der Waals surface area contributed by atoms with E-state index in [2.05, 4.69) is 51.2 Å². The molecule has 1 atom stereocenters. The van der Waals surface area contributed by atoms with Gasteiger partial charge in [0.25, 0.3) is 0 Å². The van der Waals surface area contributed by atoms with E-state index in [0.717, 1.165) is 6.54 Å². The first-order chi connectivity index (χ1) is 8.80. The van der Waals surface area contributed by atoms with Crippen LogP contribution in [0.2, 0.25) is 0 Å². The molecule has 1 aliphatic carbocycles. The standard InChI is InChI=1S/C17H28N2/c1-12-6-7-13(16(2,3)4)10-14(12)15(18)17(8-9-17)11-19-5/h6-7,10,15,19H,8-9,11,18H2,1-5H3. The summed E-state index contributed by atoms with van der Waals surface area (Å²) in [5, 5.41) is 3.31. The molecule has 2 heteroatoms. The van der Waals surface area contributed by atoms with E-state index in [1.165, 1.54) is 29.5 Å². The molecule has 0 amide bonds. The highest BCUT2D eigenvalue weighted by Crippen LogP contribution is 2.53. The highest BCUT2D eigenvalue weighted by atomic mass is 14.9. The second-order valence-corrected chi connectivity index (χ2v) is 7.19. The molecule has 2 nitrogen and oxygen atoms in total. The van der Waals surface area contributed by atoms with Gasteiger partial charge in [0, 0.05) is 18.0 Å². The van der Waals surface area contributed by atoms with Gasteiger partial charge in [0.05, 0.1) is 0 Å². The molecule has 0 heterocycles. The molecule has 1 saturated carbocycles. The lowest BCUT2D eigenvalue weighted by Gasteiger charge is -2.27. The van der Waals surface area contributed by atoms with Crippen LogP contribution in [0.5, 0.6) is 0 Å². The summed E-state index contributed by atoms with van der Waals surface area (Å²) < 4.78 is 0. The quantitative estimate of drug-likeness (QED) is 0.872. The first-order valence-electron chi connectivity index (χ1n) is 7.31. The zero-order valence-electron chi connectivity index (χ0n) is 13.0. The summed E-state index contributed by atoms with van der Waals surface area (Å²) >= 11 is 0. The fourth-order valence-electron chi connectivity index (χ4n) is 2.88. The van der Waals surface area contributed by atoms with E-state index in [4.69, 9.17) is 5.73 Å². The van der Waals surface area contributed by atoms with Gasteiger partial charge in [-0.1, -0.05) is 39.0 Å². The number of benzene rings is 1. The van der Waals surface area contributed by atoms with Crippen LogP contribution < -0.4 is 11.1 Å². The van der Waals surface area contributed by atoms with Crippen molar-refractivity contribution in [2.24, 2.45) is 11.1 Å². The van der Waals surface area contributed by atoms with Gasteiger partial charge in [-0.15, -0.1) is 0 Å². The molecule has 1 aromatic rings. The largest absolute Gasteiger partial charge is 0.323 e. The SMILES string of the molecule is CNCC1(C(N)c2cc(C(C)(C)C)ccc2C)CC1. The molecule has 19 heavy (non-hydrogen) atoms. The second-order valence-electron chi connectivity index (χ2n) is 7.19. The Hall–Kier alpha value is -0.860. The van der Waals surface area contributed by atoms with E-state index in [1.54, 1.807) is 0 Å². The van der Waals surface area contributed by atoms with Crippen LogP contribution in [0.25, 0.3) is 0 Å². The maximum Gasteiger partial charge on any atom is 0.0367 e. The van der Waals surface area contributed by atoms with Crippen LogP contribution in [-0.2, 0) is 5.41 Å². The number of hydrogen-bond donors (Lipinski definition) is 2. The zero-order chi connectivity index (χ0) is 14.3. The van der Waals surface area contributed by atoms with Crippen LogP contribution in [0.3, 0.4) is 0 Å². The van der Waals surface area contributed by atoms with E-state index in [-0.39, 0.29) is 16.9 Å². The fourth-order valence-corrected chi connectivity index (χ4v) is 2.88. The monoisotopic (exact) mass is 260 g/mol. The molecule has 0 spiro atoms. The van der Waals surface area contributed by atoms with Gasteiger partial charge >= 0.3 is 0 Å². The third-order valence-electron chi connectivity index (χ3n) is 4.56. The van der Waals surface area contributed by atoms with Crippen molar-refractivity contribution in [2.75, 3.05) is 13.6 Å². The van der Waals surface area contributed by atoms with Crippen molar-refractivity contribution in [1.82, 2.24) is 5.32 Å². The second kappa shape index (κ2) is 4.92. The molecule has 0 radical (unpaired) electrons. The Balaban J connectivity index is 2.34. The van der Waals surface area contributed by atoms with Crippen molar-refractivity contribution in [3.05, 3.63) is 34.9 Å². The summed E-state index contributed by atoms with van der Waals surface area (Å²) in [7, 11) is 2.02. The van der Waals surface area contributed by atoms with E-state index >= 15 is 0 Å². The number of nitrogens with one attached hydrogen (secondary N) is 1. The van der Waals surface area contributed by atoms with Crippen LogP contribution in [0.15, 0.2) is 18.2 Å². The molecule has 1 fully saturated rings. The van der Waals surface area contributed by atoms with Gasteiger partial charge in [-0.05, 0) is 48.9 Å². The van der Waals surface area contributed by atoms with E-state index in [0.29, 0.717) is 0 Å². The van der Waals surface area contributed by atoms with Crippen LogP contribution >= 0.6 is 0 Å². The molecule has 3 N–H and O–H groups in total. The predicted molar refractivity (Wildman–Crippen MR) is 82.4 cm³/mol. The topological polar surface area (TPSA) is 38.0 Å². The maximum atomic E-state index is 6.59. The molecule has 1 unspecified atom stereocenters. The average molecular weight is 260 g/mol.